The first-order chi connectivity index (χ1) is 7.29. The third kappa shape index (κ3) is 3.06. The van der Waals surface area contributed by atoms with E-state index in [4.69, 9.17) is 0 Å². The van der Waals surface area contributed by atoms with Gasteiger partial charge in [-0.3, -0.25) is 4.99 Å². The van der Waals surface area contributed by atoms with Gasteiger partial charge in [-0.1, -0.05) is 32.0 Å². The SMILES string of the molecule is CCSC1CCCC1NC1=NCC(C)S1. The van der Waals surface area contributed by atoms with Crippen molar-refractivity contribution in [1.82, 2.24) is 5.32 Å². The zero-order valence-corrected chi connectivity index (χ0v) is 11.2. The third-order valence-corrected chi connectivity index (χ3v) is 5.29. The van der Waals surface area contributed by atoms with Gasteiger partial charge in [0, 0.05) is 16.5 Å². The van der Waals surface area contributed by atoms with Crippen LogP contribution < -0.4 is 5.32 Å². The van der Waals surface area contributed by atoms with Crippen LogP contribution in [-0.4, -0.2) is 34.0 Å². The zero-order valence-electron chi connectivity index (χ0n) is 9.53. The monoisotopic (exact) mass is 244 g/mol. The van der Waals surface area contributed by atoms with E-state index in [9.17, 15) is 0 Å². The number of nitrogens with zero attached hydrogens (tertiary/aromatic N) is 1. The lowest BCUT2D eigenvalue weighted by atomic mass is 10.2. The first kappa shape index (κ1) is 11.6. The molecule has 15 heavy (non-hydrogen) atoms. The number of amidine groups is 1. The normalized spacial score (nSPS) is 35.6. The van der Waals surface area contributed by atoms with Crippen molar-refractivity contribution >= 4 is 28.7 Å². The molecule has 4 heteroatoms. The van der Waals surface area contributed by atoms with Crippen LogP contribution in [0.5, 0.6) is 0 Å². The average Bonchev–Trinajstić information content (AvgIpc) is 2.78. The van der Waals surface area contributed by atoms with Crippen LogP contribution in [-0.2, 0) is 0 Å². The summed E-state index contributed by atoms with van der Waals surface area (Å²) in [6, 6.07) is 0.673. The molecule has 0 aromatic heterocycles. The number of nitrogens with one attached hydrogen (secondary N) is 1. The molecule has 0 aromatic carbocycles. The van der Waals surface area contributed by atoms with Crippen LogP contribution in [0, 0.1) is 0 Å². The number of hydrogen-bond acceptors (Lipinski definition) is 4. The molecule has 0 saturated heterocycles. The highest BCUT2D eigenvalue weighted by Crippen LogP contribution is 2.31. The highest BCUT2D eigenvalue weighted by molar-refractivity contribution is 8.14. The minimum atomic E-state index is 0.672. The summed E-state index contributed by atoms with van der Waals surface area (Å²) in [5.41, 5.74) is 0. The molecule has 0 aromatic rings. The summed E-state index contributed by atoms with van der Waals surface area (Å²) in [4.78, 5) is 4.53. The van der Waals surface area contributed by atoms with Crippen LogP contribution >= 0.6 is 23.5 Å². The van der Waals surface area contributed by atoms with Gasteiger partial charge in [-0.05, 0) is 18.6 Å². The summed E-state index contributed by atoms with van der Waals surface area (Å²) in [6.45, 7) is 5.49. The molecule has 2 aliphatic rings. The molecule has 2 nitrogen and oxygen atoms in total. The fraction of sp³-hybridized carbons (Fsp3) is 0.909. The van der Waals surface area contributed by atoms with E-state index < -0.39 is 0 Å². The second-order valence-electron chi connectivity index (χ2n) is 4.25. The van der Waals surface area contributed by atoms with E-state index in [1.807, 2.05) is 11.8 Å². The highest BCUT2D eigenvalue weighted by atomic mass is 32.2. The summed E-state index contributed by atoms with van der Waals surface area (Å²) in [7, 11) is 0. The molecule has 2 rings (SSSR count). The first-order valence-electron chi connectivity index (χ1n) is 5.89. The van der Waals surface area contributed by atoms with E-state index in [0.29, 0.717) is 11.3 Å². The summed E-state index contributed by atoms with van der Waals surface area (Å²) in [6.07, 6.45) is 4.08. The predicted molar refractivity (Wildman–Crippen MR) is 72.0 cm³/mol. The molecule has 3 atom stereocenters. The first-order valence-corrected chi connectivity index (χ1v) is 7.81. The van der Waals surface area contributed by atoms with E-state index in [2.05, 4.69) is 35.9 Å². The van der Waals surface area contributed by atoms with Crippen molar-refractivity contribution in [3.8, 4) is 0 Å². The third-order valence-electron chi connectivity index (χ3n) is 2.95. The molecule has 1 aliphatic carbocycles. The van der Waals surface area contributed by atoms with Crippen LogP contribution in [0.1, 0.15) is 33.1 Å². The maximum atomic E-state index is 4.53. The van der Waals surface area contributed by atoms with Gasteiger partial charge in [0.1, 0.15) is 0 Å². The molecule has 1 heterocycles. The Hall–Kier alpha value is 0.170. The molecule has 86 valence electrons. The number of thioether (sulfide) groups is 2. The molecule has 1 N–H and O–H groups in total. The van der Waals surface area contributed by atoms with Crippen LogP contribution in [0.25, 0.3) is 0 Å². The van der Waals surface area contributed by atoms with Crippen molar-refractivity contribution in [2.24, 2.45) is 4.99 Å². The minimum absolute atomic E-state index is 0.672. The fourth-order valence-corrected chi connectivity index (χ4v) is 4.32. The Morgan fingerprint density at radius 2 is 2.40 bits per heavy atom. The lowest BCUT2D eigenvalue weighted by Gasteiger charge is -2.20. The Kier molecular flexibility index (Phi) is 4.26. The molecule has 0 bridgehead atoms. The lowest BCUT2D eigenvalue weighted by Crippen LogP contribution is -2.37. The fourth-order valence-electron chi connectivity index (χ4n) is 2.22. The van der Waals surface area contributed by atoms with Crippen LogP contribution in [0.15, 0.2) is 4.99 Å². The molecule has 1 saturated carbocycles. The number of rotatable bonds is 3. The molecular weight excluding hydrogens is 224 g/mol. The van der Waals surface area contributed by atoms with Crippen molar-refractivity contribution in [3.63, 3.8) is 0 Å². The van der Waals surface area contributed by atoms with Gasteiger partial charge in [0.05, 0.1) is 6.54 Å². The molecule has 1 aliphatic heterocycles. The zero-order chi connectivity index (χ0) is 10.7. The Balaban J connectivity index is 1.83. The van der Waals surface area contributed by atoms with Gasteiger partial charge in [-0.25, -0.2) is 0 Å². The van der Waals surface area contributed by atoms with Crippen LogP contribution in [0.2, 0.25) is 0 Å². The van der Waals surface area contributed by atoms with Crippen molar-refractivity contribution in [2.45, 2.75) is 49.7 Å². The Labute approximate surface area is 101 Å². The molecular formula is C11H20N2S2. The average molecular weight is 244 g/mol. The highest BCUT2D eigenvalue weighted by Gasteiger charge is 2.29. The summed E-state index contributed by atoms with van der Waals surface area (Å²) < 4.78 is 0. The van der Waals surface area contributed by atoms with E-state index >= 15 is 0 Å². The molecule has 0 spiro atoms. The Morgan fingerprint density at radius 1 is 1.53 bits per heavy atom. The Morgan fingerprint density at radius 3 is 3.07 bits per heavy atom. The Bertz CT molecular complexity index is 243. The smallest absolute Gasteiger partial charge is 0.157 e. The van der Waals surface area contributed by atoms with Gasteiger partial charge < -0.3 is 5.32 Å². The van der Waals surface area contributed by atoms with Gasteiger partial charge in [0.15, 0.2) is 5.17 Å². The molecule has 0 radical (unpaired) electrons. The van der Waals surface area contributed by atoms with Gasteiger partial charge in [-0.15, -0.1) is 0 Å². The standard InChI is InChI=1S/C11H20N2S2/c1-3-14-10-6-4-5-9(10)13-11-12-7-8(2)15-11/h8-10H,3-7H2,1-2H3,(H,12,13). The molecule has 3 unspecified atom stereocenters. The van der Waals surface area contributed by atoms with Crippen LogP contribution in [0.3, 0.4) is 0 Å². The maximum absolute atomic E-state index is 4.53. The number of hydrogen-bond donors (Lipinski definition) is 1. The van der Waals surface area contributed by atoms with E-state index in [1.54, 1.807) is 0 Å². The summed E-state index contributed by atoms with van der Waals surface area (Å²) >= 11 is 4.01. The van der Waals surface area contributed by atoms with Crippen molar-refractivity contribution in [3.05, 3.63) is 0 Å². The van der Waals surface area contributed by atoms with Gasteiger partial charge >= 0.3 is 0 Å². The second kappa shape index (κ2) is 5.48. The van der Waals surface area contributed by atoms with Crippen molar-refractivity contribution < 1.29 is 0 Å². The minimum Gasteiger partial charge on any atom is -0.361 e. The molecule has 1 fully saturated rings. The lowest BCUT2D eigenvalue weighted by molar-refractivity contribution is 0.645. The van der Waals surface area contributed by atoms with Gasteiger partial charge in [0.2, 0.25) is 0 Å². The second-order valence-corrected chi connectivity index (χ2v) is 7.19. The van der Waals surface area contributed by atoms with Crippen LogP contribution in [0.4, 0.5) is 0 Å². The predicted octanol–water partition coefficient (Wildman–Crippen LogP) is 2.74. The van der Waals surface area contributed by atoms with E-state index in [1.165, 1.54) is 30.2 Å². The van der Waals surface area contributed by atoms with Crippen molar-refractivity contribution in [1.29, 1.82) is 0 Å². The van der Waals surface area contributed by atoms with E-state index in [0.717, 1.165) is 11.8 Å². The largest absolute Gasteiger partial charge is 0.361 e. The summed E-state index contributed by atoms with van der Waals surface area (Å²) in [5, 5.41) is 6.31. The maximum Gasteiger partial charge on any atom is 0.157 e. The van der Waals surface area contributed by atoms with Gasteiger partial charge in [0.25, 0.3) is 0 Å². The topological polar surface area (TPSA) is 24.4 Å². The van der Waals surface area contributed by atoms with Gasteiger partial charge in [-0.2, -0.15) is 11.8 Å². The van der Waals surface area contributed by atoms with Crippen molar-refractivity contribution in [2.75, 3.05) is 12.3 Å². The molecule has 0 amide bonds. The summed E-state index contributed by atoms with van der Waals surface area (Å²) in [5.74, 6) is 1.23. The quantitative estimate of drug-likeness (QED) is 0.826. The number of aliphatic imine (C=N–C) groups is 1. The van der Waals surface area contributed by atoms with E-state index in [-0.39, 0.29) is 0 Å².